The van der Waals surface area contributed by atoms with Crippen molar-refractivity contribution in [2.45, 2.75) is 26.4 Å². The zero-order valence-electron chi connectivity index (χ0n) is 9.25. The first-order valence-electron chi connectivity index (χ1n) is 5.29. The monoisotopic (exact) mass is 223 g/mol. The Morgan fingerprint density at radius 3 is 2.75 bits per heavy atom. The van der Waals surface area contributed by atoms with Gasteiger partial charge in [0.25, 0.3) is 0 Å². The van der Waals surface area contributed by atoms with Crippen LogP contribution in [0.4, 0.5) is 10.1 Å². The lowest BCUT2D eigenvalue weighted by Gasteiger charge is -2.16. The fourth-order valence-corrected chi connectivity index (χ4v) is 1.88. The molecule has 0 aliphatic carbocycles. The molecule has 0 bridgehead atoms. The molecule has 1 amide bonds. The third kappa shape index (κ3) is 1.80. The van der Waals surface area contributed by atoms with E-state index in [1.165, 1.54) is 6.07 Å². The minimum absolute atomic E-state index is 0.0162. The zero-order valence-corrected chi connectivity index (χ0v) is 9.25. The van der Waals surface area contributed by atoms with Gasteiger partial charge in [0.05, 0.1) is 18.2 Å². The molecule has 1 atom stereocenters. The zero-order chi connectivity index (χ0) is 11.9. The standard InChI is InChI=1S/C12H14FNO2/c1-6(2)12(16)8-3-7-5-10(15)14-11(7)9(13)4-8/h3-4,6,12,16H,5H2,1-2H3,(H,14,15). The maximum atomic E-state index is 13.6. The Hall–Kier alpha value is -1.42. The summed E-state index contributed by atoms with van der Waals surface area (Å²) in [6.07, 6.45) is -0.513. The van der Waals surface area contributed by atoms with Crippen molar-refractivity contribution in [3.63, 3.8) is 0 Å². The minimum atomic E-state index is -0.699. The van der Waals surface area contributed by atoms with Gasteiger partial charge < -0.3 is 10.4 Å². The summed E-state index contributed by atoms with van der Waals surface area (Å²) in [6.45, 7) is 3.72. The van der Waals surface area contributed by atoms with Gasteiger partial charge in [0.1, 0.15) is 5.82 Å². The molecule has 0 saturated carbocycles. The van der Waals surface area contributed by atoms with Crippen LogP contribution in [0.5, 0.6) is 0 Å². The first-order valence-corrected chi connectivity index (χ1v) is 5.29. The number of hydrogen-bond acceptors (Lipinski definition) is 2. The molecule has 1 aliphatic heterocycles. The smallest absolute Gasteiger partial charge is 0.228 e. The quantitative estimate of drug-likeness (QED) is 0.805. The second kappa shape index (κ2) is 3.87. The summed E-state index contributed by atoms with van der Waals surface area (Å²) in [7, 11) is 0. The molecule has 2 N–H and O–H groups in total. The van der Waals surface area contributed by atoms with Crippen LogP contribution in [0.3, 0.4) is 0 Å². The normalized spacial score (nSPS) is 16.2. The number of rotatable bonds is 2. The molecule has 16 heavy (non-hydrogen) atoms. The van der Waals surface area contributed by atoms with Crippen LogP contribution in [0.15, 0.2) is 12.1 Å². The Kier molecular flexibility index (Phi) is 2.68. The molecule has 0 radical (unpaired) electrons. The van der Waals surface area contributed by atoms with E-state index >= 15 is 0 Å². The fourth-order valence-electron chi connectivity index (χ4n) is 1.88. The van der Waals surface area contributed by atoms with Crippen molar-refractivity contribution in [1.82, 2.24) is 0 Å². The number of nitrogens with one attached hydrogen (secondary N) is 1. The molecule has 1 aliphatic rings. The van der Waals surface area contributed by atoms with E-state index in [0.29, 0.717) is 11.1 Å². The van der Waals surface area contributed by atoms with Gasteiger partial charge in [-0.1, -0.05) is 19.9 Å². The van der Waals surface area contributed by atoms with E-state index in [4.69, 9.17) is 0 Å². The molecule has 3 nitrogen and oxygen atoms in total. The number of anilines is 1. The second-order valence-corrected chi connectivity index (χ2v) is 4.45. The van der Waals surface area contributed by atoms with Crippen molar-refractivity contribution in [3.05, 3.63) is 29.1 Å². The fraction of sp³-hybridized carbons (Fsp3) is 0.417. The van der Waals surface area contributed by atoms with Gasteiger partial charge in [-0.15, -0.1) is 0 Å². The second-order valence-electron chi connectivity index (χ2n) is 4.45. The minimum Gasteiger partial charge on any atom is -0.388 e. The first-order chi connectivity index (χ1) is 7.49. The van der Waals surface area contributed by atoms with Crippen LogP contribution in [-0.2, 0) is 11.2 Å². The van der Waals surface area contributed by atoms with Crippen molar-refractivity contribution in [3.8, 4) is 0 Å². The molecular formula is C12H14FNO2. The Balaban J connectivity index is 2.42. The van der Waals surface area contributed by atoms with Crippen molar-refractivity contribution in [2.24, 2.45) is 5.92 Å². The highest BCUT2D eigenvalue weighted by Gasteiger charge is 2.24. The van der Waals surface area contributed by atoms with Crippen LogP contribution in [-0.4, -0.2) is 11.0 Å². The van der Waals surface area contributed by atoms with Crippen LogP contribution in [0.25, 0.3) is 0 Å². The molecule has 1 aromatic rings. The van der Waals surface area contributed by atoms with E-state index in [9.17, 15) is 14.3 Å². The maximum Gasteiger partial charge on any atom is 0.228 e. The van der Waals surface area contributed by atoms with Crippen LogP contribution < -0.4 is 5.32 Å². The number of benzene rings is 1. The number of carbonyl (C=O) groups excluding carboxylic acids is 1. The number of fused-ring (bicyclic) bond motifs is 1. The molecule has 0 saturated heterocycles. The number of hydrogen-bond donors (Lipinski definition) is 2. The number of amides is 1. The number of aliphatic hydroxyl groups is 1. The Bertz CT molecular complexity index is 443. The number of carbonyl (C=O) groups is 1. The molecule has 0 spiro atoms. The van der Waals surface area contributed by atoms with Crippen LogP contribution >= 0.6 is 0 Å². The van der Waals surface area contributed by atoms with Crippen molar-refractivity contribution in [2.75, 3.05) is 5.32 Å². The van der Waals surface area contributed by atoms with E-state index in [0.717, 1.165) is 0 Å². The molecule has 0 fully saturated rings. The van der Waals surface area contributed by atoms with Crippen molar-refractivity contribution in [1.29, 1.82) is 0 Å². The van der Waals surface area contributed by atoms with E-state index in [-0.39, 0.29) is 23.9 Å². The highest BCUT2D eigenvalue weighted by molar-refractivity contribution is 5.99. The van der Waals surface area contributed by atoms with Gasteiger partial charge in [-0.3, -0.25) is 4.79 Å². The lowest BCUT2D eigenvalue weighted by Crippen LogP contribution is -2.06. The van der Waals surface area contributed by atoms with E-state index in [2.05, 4.69) is 5.32 Å². The SMILES string of the molecule is CC(C)C(O)c1cc(F)c2c(c1)CC(=O)N2. The van der Waals surface area contributed by atoms with Crippen LogP contribution in [0.1, 0.15) is 31.1 Å². The lowest BCUT2D eigenvalue weighted by atomic mass is 9.96. The third-order valence-electron chi connectivity index (χ3n) is 2.78. The van der Waals surface area contributed by atoms with Gasteiger partial charge >= 0.3 is 0 Å². The molecule has 86 valence electrons. The Labute approximate surface area is 93.3 Å². The van der Waals surface area contributed by atoms with E-state index < -0.39 is 11.9 Å². The maximum absolute atomic E-state index is 13.6. The van der Waals surface area contributed by atoms with Crippen molar-refractivity contribution < 1.29 is 14.3 Å². The Morgan fingerprint density at radius 2 is 2.12 bits per heavy atom. The van der Waals surface area contributed by atoms with E-state index in [1.54, 1.807) is 6.07 Å². The van der Waals surface area contributed by atoms with Gasteiger partial charge in [-0.25, -0.2) is 4.39 Å². The average Bonchev–Trinajstić information content (AvgIpc) is 2.57. The molecule has 1 aromatic carbocycles. The first kappa shape index (κ1) is 11.1. The van der Waals surface area contributed by atoms with Gasteiger partial charge in [-0.2, -0.15) is 0 Å². The highest BCUT2D eigenvalue weighted by Crippen LogP contribution is 2.31. The number of aliphatic hydroxyl groups excluding tert-OH is 1. The molecule has 4 heteroatoms. The molecular weight excluding hydrogens is 209 g/mol. The van der Waals surface area contributed by atoms with Gasteiger partial charge in [0.15, 0.2) is 0 Å². The summed E-state index contributed by atoms with van der Waals surface area (Å²) in [4.78, 5) is 11.1. The Morgan fingerprint density at radius 1 is 1.44 bits per heavy atom. The van der Waals surface area contributed by atoms with Crippen LogP contribution in [0.2, 0.25) is 0 Å². The predicted molar refractivity (Wildman–Crippen MR) is 58.5 cm³/mol. The predicted octanol–water partition coefficient (Wildman–Crippen LogP) is 2.01. The van der Waals surface area contributed by atoms with E-state index in [1.807, 2.05) is 13.8 Å². The largest absolute Gasteiger partial charge is 0.388 e. The van der Waals surface area contributed by atoms with Gasteiger partial charge in [-0.05, 0) is 23.1 Å². The average molecular weight is 223 g/mol. The number of halogens is 1. The summed E-state index contributed by atoms with van der Waals surface area (Å²) in [5.41, 5.74) is 1.41. The molecule has 0 aromatic heterocycles. The molecule has 1 heterocycles. The summed E-state index contributed by atoms with van der Waals surface area (Å²) in [6, 6.07) is 2.98. The summed E-state index contributed by atoms with van der Waals surface area (Å²) in [5, 5.41) is 12.3. The van der Waals surface area contributed by atoms with Gasteiger partial charge in [0.2, 0.25) is 5.91 Å². The topological polar surface area (TPSA) is 49.3 Å². The summed E-state index contributed by atoms with van der Waals surface area (Å²) < 4.78 is 13.6. The lowest BCUT2D eigenvalue weighted by molar-refractivity contribution is -0.115. The summed E-state index contributed by atoms with van der Waals surface area (Å²) >= 11 is 0. The van der Waals surface area contributed by atoms with Crippen LogP contribution in [0, 0.1) is 11.7 Å². The van der Waals surface area contributed by atoms with Crippen molar-refractivity contribution >= 4 is 11.6 Å². The van der Waals surface area contributed by atoms with Gasteiger partial charge in [0, 0.05) is 0 Å². The molecule has 2 rings (SSSR count). The summed E-state index contributed by atoms with van der Waals surface area (Å²) in [5.74, 6) is -0.661. The molecule has 1 unspecified atom stereocenters. The third-order valence-corrected chi connectivity index (χ3v) is 2.78. The highest BCUT2D eigenvalue weighted by atomic mass is 19.1.